The van der Waals surface area contributed by atoms with Gasteiger partial charge in [-0.1, -0.05) is 0 Å². The maximum absolute atomic E-state index is 11.7. The van der Waals surface area contributed by atoms with Gasteiger partial charge < -0.3 is 15.2 Å². The zero-order valence-corrected chi connectivity index (χ0v) is 9.62. The fourth-order valence-corrected chi connectivity index (χ4v) is 1.94. The number of rotatable bonds is 5. The smallest absolute Gasteiger partial charge is 0.313 e. The maximum Gasteiger partial charge on any atom is 0.313 e. The first-order valence-electron chi connectivity index (χ1n) is 5.57. The van der Waals surface area contributed by atoms with Crippen molar-refractivity contribution < 1.29 is 14.3 Å². The monoisotopic (exact) mass is 215 g/mol. The molecule has 0 bridgehead atoms. The molecule has 0 aromatic rings. The van der Waals surface area contributed by atoms with Crippen molar-refractivity contribution in [1.82, 2.24) is 0 Å². The molecule has 15 heavy (non-hydrogen) atoms. The SMILES string of the molecule is CCOC(=O)C(C)(CN)CC1CCOC1. The summed E-state index contributed by atoms with van der Waals surface area (Å²) in [5, 5.41) is 0. The Kier molecular flexibility index (Phi) is 4.54. The molecule has 0 amide bonds. The third kappa shape index (κ3) is 3.18. The summed E-state index contributed by atoms with van der Waals surface area (Å²) in [6.07, 6.45) is 1.79. The molecule has 1 saturated heterocycles. The van der Waals surface area contributed by atoms with Crippen LogP contribution in [0.3, 0.4) is 0 Å². The Hall–Kier alpha value is -0.610. The van der Waals surface area contributed by atoms with Gasteiger partial charge in [-0.3, -0.25) is 4.79 Å². The van der Waals surface area contributed by atoms with E-state index in [1.807, 2.05) is 13.8 Å². The van der Waals surface area contributed by atoms with E-state index in [0.717, 1.165) is 26.1 Å². The molecule has 1 aliphatic rings. The first-order chi connectivity index (χ1) is 7.12. The molecule has 0 radical (unpaired) electrons. The van der Waals surface area contributed by atoms with Crippen LogP contribution in [0.2, 0.25) is 0 Å². The summed E-state index contributed by atoms with van der Waals surface area (Å²) in [5.41, 5.74) is 5.13. The molecule has 2 atom stereocenters. The number of carbonyl (C=O) groups excluding carboxylic acids is 1. The minimum atomic E-state index is -0.547. The van der Waals surface area contributed by atoms with E-state index in [0.29, 0.717) is 19.1 Å². The largest absolute Gasteiger partial charge is 0.466 e. The van der Waals surface area contributed by atoms with E-state index in [9.17, 15) is 4.79 Å². The van der Waals surface area contributed by atoms with Gasteiger partial charge in [-0.25, -0.2) is 0 Å². The highest BCUT2D eigenvalue weighted by Gasteiger charge is 2.36. The molecular formula is C11H21NO3. The van der Waals surface area contributed by atoms with Crippen LogP contribution in [0, 0.1) is 11.3 Å². The number of nitrogens with two attached hydrogens (primary N) is 1. The van der Waals surface area contributed by atoms with Gasteiger partial charge in [-0.2, -0.15) is 0 Å². The van der Waals surface area contributed by atoms with E-state index in [2.05, 4.69) is 0 Å². The first-order valence-corrected chi connectivity index (χ1v) is 5.57. The fourth-order valence-electron chi connectivity index (χ4n) is 1.94. The molecule has 0 aromatic heterocycles. The fraction of sp³-hybridized carbons (Fsp3) is 0.909. The van der Waals surface area contributed by atoms with Gasteiger partial charge in [0.1, 0.15) is 0 Å². The molecule has 88 valence electrons. The number of carbonyl (C=O) groups is 1. The zero-order valence-electron chi connectivity index (χ0n) is 9.62. The lowest BCUT2D eigenvalue weighted by Gasteiger charge is -2.27. The molecule has 1 aliphatic heterocycles. The summed E-state index contributed by atoms with van der Waals surface area (Å²) >= 11 is 0. The van der Waals surface area contributed by atoms with Crippen molar-refractivity contribution in [2.75, 3.05) is 26.4 Å². The topological polar surface area (TPSA) is 61.5 Å². The highest BCUT2D eigenvalue weighted by Crippen LogP contribution is 2.30. The quantitative estimate of drug-likeness (QED) is 0.693. The van der Waals surface area contributed by atoms with Crippen molar-refractivity contribution in [3.63, 3.8) is 0 Å². The van der Waals surface area contributed by atoms with Crippen molar-refractivity contribution in [2.45, 2.75) is 26.7 Å². The van der Waals surface area contributed by atoms with E-state index < -0.39 is 5.41 Å². The molecule has 4 heteroatoms. The predicted molar refractivity (Wildman–Crippen MR) is 57.3 cm³/mol. The van der Waals surface area contributed by atoms with Crippen LogP contribution in [0.5, 0.6) is 0 Å². The summed E-state index contributed by atoms with van der Waals surface area (Å²) in [6, 6.07) is 0. The van der Waals surface area contributed by atoms with Crippen LogP contribution < -0.4 is 5.73 Å². The summed E-state index contributed by atoms with van der Waals surface area (Å²) in [6.45, 7) is 5.98. The van der Waals surface area contributed by atoms with Crippen LogP contribution in [0.25, 0.3) is 0 Å². The van der Waals surface area contributed by atoms with Gasteiger partial charge in [0.05, 0.1) is 12.0 Å². The van der Waals surface area contributed by atoms with Crippen LogP contribution in [-0.2, 0) is 14.3 Å². The standard InChI is InChI=1S/C11H21NO3/c1-3-15-10(13)11(2,8-12)6-9-4-5-14-7-9/h9H,3-8,12H2,1-2H3. The molecule has 4 nitrogen and oxygen atoms in total. The highest BCUT2D eigenvalue weighted by molar-refractivity contribution is 5.76. The third-order valence-corrected chi connectivity index (χ3v) is 2.98. The molecular weight excluding hydrogens is 194 g/mol. The van der Waals surface area contributed by atoms with Crippen LogP contribution in [0.1, 0.15) is 26.7 Å². The molecule has 2 unspecified atom stereocenters. The van der Waals surface area contributed by atoms with Gasteiger partial charge >= 0.3 is 5.97 Å². The van der Waals surface area contributed by atoms with E-state index in [4.69, 9.17) is 15.2 Å². The average molecular weight is 215 g/mol. The van der Waals surface area contributed by atoms with Crippen LogP contribution in [0.4, 0.5) is 0 Å². The normalized spacial score (nSPS) is 24.9. The number of esters is 1. The Balaban J connectivity index is 2.53. The maximum atomic E-state index is 11.7. The Morgan fingerprint density at radius 3 is 2.87 bits per heavy atom. The second-order valence-corrected chi connectivity index (χ2v) is 4.42. The van der Waals surface area contributed by atoms with Gasteiger partial charge in [0.15, 0.2) is 0 Å². The van der Waals surface area contributed by atoms with E-state index in [1.54, 1.807) is 0 Å². The number of ether oxygens (including phenoxy) is 2. The lowest BCUT2D eigenvalue weighted by molar-refractivity contribution is -0.154. The summed E-state index contributed by atoms with van der Waals surface area (Å²) < 4.78 is 10.3. The van der Waals surface area contributed by atoms with Gasteiger partial charge in [-0.05, 0) is 32.6 Å². The zero-order chi connectivity index (χ0) is 11.3. The second-order valence-electron chi connectivity index (χ2n) is 4.42. The molecule has 1 heterocycles. The summed E-state index contributed by atoms with van der Waals surface area (Å²) in [4.78, 5) is 11.7. The summed E-state index contributed by atoms with van der Waals surface area (Å²) in [5.74, 6) is 0.266. The Morgan fingerprint density at radius 2 is 2.40 bits per heavy atom. The predicted octanol–water partition coefficient (Wildman–Crippen LogP) is 0.941. The van der Waals surface area contributed by atoms with Crippen LogP contribution in [-0.4, -0.2) is 32.3 Å². The van der Waals surface area contributed by atoms with Crippen molar-refractivity contribution in [3.8, 4) is 0 Å². The number of hydrogen-bond donors (Lipinski definition) is 1. The second kappa shape index (κ2) is 5.47. The van der Waals surface area contributed by atoms with Crippen molar-refractivity contribution in [2.24, 2.45) is 17.1 Å². The molecule has 2 N–H and O–H groups in total. The third-order valence-electron chi connectivity index (χ3n) is 2.98. The van der Waals surface area contributed by atoms with Gasteiger partial charge in [0.2, 0.25) is 0 Å². The Morgan fingerprint density at radius 1 is 1.67 bits per heavy atom. The van der Waals surface area contributed by atoms with E-state index in [1.165, 1.54) is 0 Å². The van der Waals surface area contributed by atoms with Crippen LogP contribution in [0.15, 0.2) is 0 Å². The van der Waals surface area contributed by atoms with Gasteiger partial charge in [0.25, 0.3) is 0 Å². The molecule has 0 spiro atoms. The van der Waals surface area contributed by atoms with Gasteiger partial charge in [0, 0.05) is 19.8 Å². The van der Waals surface area contributed by atoms with E-state index >= 15 is 0 Å². The number of hydrogen-bond acceptors (Lipinski definition) is 4. The molecule has 0 saturated carbocycles. The van der Waals surface area contributed by atoms with Crippen molar-refractivity contribution >= 4 is 5.97 Å². The minimum absolute atomic E-state index is 0.181. The first kappa shape index (κ1) is 12.5. The van der Waals surface area contributed by atoms with Gasteiger partial charge in [-0.15, -0.1) is 0 Å². The molecule has 1 rings (SSSR count). The highest BCUT2D eigenvalue weighted by atomic mass is 16.5. The molecule has 1 fully saturated rings. The average Bonchev–Trinajstić information content (AvgIpc) is 2.70. The van der Waals surface area contributed by atoms with Crippen molar-refractivity contribution in [1.29, 1.82) is 0 Å². The lowest BCUT2D eigenvalue weighted by atomic mass is 9.80. The van der Waals surface area contributed by atoms with Crippen LogP contribution >= 0.6 is 0 Å². The minimum Gasteiger partial charge on any atom is -0.466 e. The Labute approximate surface area is 91.1 Å². The lowest BCUT2D eigenvalue weighted by Crippen LogP contribution is -2.39. The molecule has 0 aromatic carbocycles. The summed E-state index contributed by atoms with van der Waals surface area (Å²) in [7, 11) is 0. The van der Waals surface area contributed by atoms with E-state index in [-0.39, 0.29) is 5.97 Å². The molecule has 0 aliphatic carbocycles. The Bertz CT molecular complexity index is 214. The van der Waals surface area contributed by atoms with Crippen molar-refractivity contribution in [3.05, 3.63) is 0 Å².